The van der Waals surface area contributed by atoms with E-state index in [4.69, 9.17) is 19.0 Å². The van der Waals surface area contributed by atoms with Gasteiger partial charge in [-0.05, 0) is 39.0 Å². The van der Waals surface area contributed by atoms with Crippen molar-refractivity contribution in [2.24, 2.45) is 0 Å². The zero-order chi connectivity index (χ0) is 20.9. The first-order valence-corrected chi connectivity index (χ1v) is 11.5. The second-order valence-electron chi connectivity index (χ2n) is 7.30. The number of nitrogens with zero attached hydrogens (tertiary/aromatic N) is 1. The second-order valence-corrected chi connectivity index (χ2v) is 8.49. The van der Waals surface area contributed by atoms with Crippen LogP contribution in [0.1, 0.15) is 66.2 Å². The Bertz CT molecular complexity index is 474. The van der Waals surface area contributed by atoms with E-state index in [9.17, 15) is 9.36 Å². The molecule has 2 N–H and O–H groups in total. The van der Waals surface area contributed by atoms with Gasteiger partial charge in [0.1, 0.15) is 0 Å². The maximum absolute atomic E-state index is 11.5. The SMILES string of the molecule is C=C(C)C(=O)OCCC(CCC[N+](CCC)(CCC)CCC)OP(=O)(O)O. The van der Waals surface area contributed by atoms with Gasteiger partial charge in [-0.25, -0.2) is 9.36 Å². The molecule has 7 nitrogen and oxygen atoms in total. The van der Waals surface area contributed by atoms with Crippen molar-refractivity contribution in [3.63, 3.8) is 0 Å². The Kier molecular flexibility index (Phi) is 13.1. The average Bonchev–Trinajstić information content (AvgIpc) is 2.53. The van der Waals surface area contributed by atoms with Crippen LogP contribution in [0.5, 0.6) is 0 Å². The Hall–Kier alpha value is -0.720. The fourth-order valence-corrected chi connectivity index (χ4v) is 4.20. The summed E-state index contributed by atoms with van der Waals surface area (Å²) in [6, 6.07) is 0. The lowest BCUT2D eigenvalue weighted by Crippen LogP contribution is -2.50. The molecule has 0 bridgehead atoms. The molecule has 0 aromatic heterocycles. The van der Waals surface area contributed by atoms with Crippen molar-refractivity contribution in [2.45, 2.75) is 72.3 Å². The largest absolute Gasteiger partial charge is 0.469 e. The summed E-state index contributed by atoms with van der Waals surface area (Å²) in [4.78, 5) is 29.8. The van der Waals surface area contributed by atoms with Gasteiger partial charge in [0.15, 0.2) is 0 Å². The van der Waals surface area contributed by atoms with E-state index < -0.39 is 19.9 Å². The van der Waals surface area contributed by atoms with E-state index in [1.807, 2.05) is 0 Å². The lowest BCUT2D eigenvalue weighted by atomic mass is 10.1. The summed E-state index contributed by atoms with van der Waals surface area (Å²) in [5.41, 5.74) is 0.295. The van der Waals surface area contributed by atoms with E-state index in [1.165, 1.54) is 0 Å². The first-order valence-electron chi connectivity index (χ1n) is 10.0. The molecular weight excluding hydrogens is 369 g/mol. The van der Waals surface area contributed by atoms with Crippen LogP contribution in [-0.2, 0) is 18.6 Å². The normalized spacial score (nSPS) is 13.4. The quantitative estimate of drug-likeness (QED) is 0.175. The maximum atomic E-state index is 11.5. The van der Waals surface area contributed by atoms with Gasteiger partial charge in [-0.2, -0.15) is 0 Å². The molecule has 1 unspecified atom stereocenters. The van der Waals surface area contributed by atoms with Gasteiger partial charge in [0, 0.05) is 12.0 Å². The highest BCUT2D eigenvalue weighted by atomic mass is 31.2. The zero-order valence-electron chi connectivity index (χ0n) is 17.5. The van der Waals surface area contributed by atoms with Crippen LogP contribution < -0.4 is 0 Å². The Balaban J connectivity index is 4.77. The smallest absolute Gasteiger partial charge is 0.462 e. The van der Waals surface area contributed by atoms with Crippen LogP contribution in [0.2, 0.25) is 0 Å². The van der Waals surface area contributed by atoms with Crippen LogP contribution in [-0.4, -0.2) is 59.1 Å². The molecule has 0 saturated heterocycles. The molecule has 0 aromatic carbocycles. The maximum Gasteiger partial charge on any atom is 0.469 e. The molecule has 0 fully saturated rings. The standard InChI is InChI=1S/C19H38NO6P/c1-6-12-20(13-7-2,14-8-3)15-9-10-18(26-27(22,23)24)11-16-25-19(21)17(4)5/h18H,4,6-16H2,1-3,5H3,(H-,22,23,24)/p+1. The van der Waals surface area contributed by atoms with Gasteiger partial charge in [-0.15, -0.1) is 0 Å². The molecule has 0 aliphatic rings. The molecule has 0 aromatic rings. The molecule has 1 atom stereocenters. The van der Waals surface area contributed by atoms with Gasteiger partial charge >= 0.3 is 13.8 Å². The molecule has 27 heavy (non-hydrogen) atoms. The molecule has 0 aliphatic heterocycles. The topological polar surface area (TPSA) is 93.1 Å². The van der Waals surface area contributed by atoms with Crippen molar-refractivity contribution in [1.29, 1.82) is 0 Å². The second kappa shape index (κ2) is 13.5. The number of phosphoric ester groups is 1. The molecule has 0 spiro atoms. The van der Waals surface area contributed by atoms with Gasteiger partial charge in [0.05, 0.1) is 38.9 Å². The number of phosphoric acid groups is 1. The summed E-state index contributed by atoms with van der Waals surface area (Å²) in [7, 11) is -4.59. The van der Waals surface area contributed by atoms with Crippen molar-refractivity contribution < 1.29 is 32.9 Å². The monoisotopic (exact) mass is 408 g/mol. The van der Waals surface area contributed by atoms with Crippen molar-refractivity contribution in [1.82, 2.24) is 0 Å². The van der Waals surface area contributed by atoms with Crippen LogP contribution >= 0.6 is 7.82 Å². The number of rotatable bonds is 16. The third kappa shape index (κ3) is 12.4. The fourth-order valence-electron chi connectivity index (χ4n) is 3.60. The van der Waals surface area contributed by atoms with Crippen LogP contribution in [0.3, 0.4) is 0 Å². The summed E-state index contributed by atoms with van der Waals surface area (Å²) in [6.45, 7) is 16.0. The minimum atomic E-state index is -4.59. The number of quaternary nitrogens is 1. The van der Waals surface area contributed by atoms with E-state index in [0.29, 0.717) is 12.0 Å². The molecule has 0 amide bonds. The van der Waals surface area contributed by atoms with Crippen molar-refractivity contribution in [3.8, 4) is 0 Å². The van der Waals surface area contributed by atoms with E-state index >= 15 is 0 Å². The Labute approximate surface area is 164 Å². The van der Waals surface area contributed by atoms with Crippen LogP contribution in [0.25, 0.3) is 0 Å². The Morgan fingerprint density at radius 2 is 1.56 bits per heavy atom. The van der Waals surface area contributed by atoms with E-state index in [1.54, 1.807) is 6.92 Å². The van der Waals surface area contributed by atoms with E-state index in [-0.39, 0.29) is 13.0 Å². The van der Waals surface area contributed by atoms with Gasteiger partial charge in [-0.1, -0.05) is 27.4 Å². The minimum absolute atomic E-state index is 0.0508. The van der Waals surface area contributed by atoms with Crippen molar-refractivity contribution in [3.05, 3.63) is 12.2 Å². The number of hydrogen-bond acceptors (Lipinski definition) is 4. The third-order valence-corrected chi connectivity index (χ3v) is 5.13. The average molecular weight is 408 g/mol. The summed E-state index contributed by atoms with van der Waals surface area (Å²) in [6.07, 6.45) is 4.26. The predicted molar refractivity (Wildman–Crippen MR) is 107 cm³/mol. The zero-order valence-corrected chi connectivity index (χ0v) is 18.4. The molecule has 8 heteroatoms. The lowest BCUT2D eigenvalue weighted by Gasteiger charge is -2.39. The van der Waals surface area contributed by atoms with Gasteiger partial charge < -0.3 is 19.0 Å². The molecule has 0 aliphatic carbocycles. The molecule has 160 valence electrons. The summed E-state index contributed by atoms with van der Waals surface area (Å²) >= 11 is 0. The Morgan fingerprint density at radius 1 is 1.04 bits per heavy atom. The van der Waals surface area contributed by atoms with Crippen molar-refractivity contribution in [2.75, 3.05) is 32.8 Å². The van der Waals surface area contributed by atoms with Gasteiger partial charge in [0.2, 0.25) is 0 Å². The van der Waals surface area contributed by atoms with Crippen molar-refractivity contribution >= 4 is 13.8 Å². The third-order valence-electron chi connectivity index (χ3n) is 4.56. The number of ether oxygens (including phenoxy) is 1. The van der Waals surface area contributed by atoms with E-state index in [2.05, 4.69) is 27.4 Å². The molecule has 0 rings (SSSR count). The van der Waals surface area contributed by atoms with Crippen LogP contribution in [0, 0.1) is 0 Å². The summed E-state index contributed by atoms with van der Waals surface area (Å²) < 4.78 is 22.3. The molecule has 0 saturated carbocycles. The lowest BCUT2D eigenvalue weighted by molar-refractivity contribution is -0.928. The Morgan fingerprint density at radius 3 is 1.96 bits per heavy atom. The van der Waals surface area contributed by atoms with Gasteiger partial charge in [0.25, 0.3) is 0 Å². The number of carbonyl (C=O) groups excluding carboxylic acids is 1. The first-order chi connectivity index (χ1) is 12.6. The molecular formula is C19H39NO6P+. The highest BCUT2D eigenvalue weighted by Gasteiger charge is 2.27. The number of esters is 1. The first kappa shape index (κ1) is 26.3. The summed E-state index contributed by atoms with van der Waals surface area (Å²) in [5, 5.41) is 0. The highest BCUT2D eigenvalue weighted by Crippen LogP contribution is 2.39. The van der Waals surface area contributed by atoms with Gasteiger partial charge in [-0.3, -0.25) is 4.52 Å². The van der Waals surface area contributed by atoms with E-state index in [0.717, 1.165) is 56.3 Å². The fraction of sp³-hybridized carbons (Fsp3) is 0.842. The molecule has 0 heterocycles. The summed E-state index contributed by atoms with van der Waals surface area (Å²) in [5.74, 6) is -0.505. The highest BCUT2D eigenvalue weighted by molar-refractivity contribution is 7.46. The molecule has 0 radical (unpaired) electrons. The minimum Gasteiger partial charge on any atom is -0.462 e. The predicted octanol–water partition coefficient (Wildman–Crippen LogP) is 3.80. The number of carbonyl (C=O) groups is 1. The van der Waals surface area contributed by atoms with Crippen LogP contribution in [0.4, 0.5) is 0 Å². The van der Waals surface area contributed by atoms with Crippen LogP contribution in [0.15, 0.2) is 12.2 Å². The number of hydrogen-bond donors (Lipinski definition) is 2.